The summed E-state index contributed by atoms with van der Waals surface area (Å²) in [5.74, 6) is 0.820. The number of amides is 2. The zero-order valence-electron chi connectivity index (χ0n) is 19.9. The molecule has 8 heteroatoms. The molecule has 2 aromatic carbocycles. The van der Waals surface area contributed by atoms with Crippen molar-refractivity contribution in [3.63, 3.8) is 0 Å². The van der Waals surface area contributed by atoms with E-state index in [1.807, 2.05) is 39.0 Å². The van der Waals surface area contributed by atoms with E-state index < -0.39 is 0 Å². The Balaban J connectivity index is 1.84. The second kappa shape index (κ2) is 10.2. The number of methoxy groups -OCH3 is 1. The molecular formula is C25H30N4O4. The molecule has 0 aliphatic rings. The lowest BCUT2D eigenvalue weighted by atomic mass is 10.1. The van der Waals surface area contributed by atoms with E-state index in [-0.39, 0.29) is 18.4 Å². The molecule has 1 aromatic heterocycles. The van der Waals surface area contributed by atoms with E-state index in [0.717, 1.165) is 22.4 Å². The molecule has 0 aliphatic heterocycles. The molecule has 174 valence electrons. The Morgan fingerprint density at radius 1 is 1.09 bits per heavy atom. The van der Waals surface area contributed by atoms with Crippen molar-refractivity contribution < 1.29 is 19.1 Å². The van der Waals surface area contributed by atoms with Gasteiger partial charge in [0.05, 0.1) is 19.0 Å². The van der Waals surface area contributed by atoms with E-state index in [1.54, 1.807) is 44.1 Å². The molecular weight excluding hydrogens is 420 g/mol. The Hall–Kier alpha value is -3.81. The Morgan fingerprint density at radius 2 is 1.85 bits per heavy atom. The highest BCUT2D eigenvalue weighted by atomic mass is 16.5. The first-order valence-corrected chi connectivity index (χ1v) is 10.7. The Labute approximate surface area is 194 Å². The predicted octanol–water partition coefficient (Wildman–Crippen LogP) is 4.06. The molecule has 0 aliphatic carbocycles. The van der Waals surface area contributed by atoms with Gasteiger partial charge in [-0.05, 0) is 56.2 Å². The number of anilines is 1. The van der Waals surface area contributed by atoms with Gasteiger partial charge in [-0.3, -0.25) is 14.3 Å². The number of benzene rings is 2. The quantitative estimate of drug-likeness (QED) is 0.559. The van der Waals surface area contributed by atoms with Gasteiger partial charge in [0.1, 0.15) is 23.8 Å². The summed E-state index contributed by atoms with van der Waals surface area (Å²) >= 11 is 0. The number of aromatic nitrogens is 2. The summed E-state index contributed by atoms with van der Waals surface area (Å²) in [6, 6.07) is 11.2. The summed E-state index contributed by atoms with van der Waals surface area (Å²) < 4.78 is 13.0. The maximum atomic E-state index is 13.0. The molecule has 0 saturated carbocycles. The van der Waals surface area contributed by atoms with Gasteiger partial charge in [0.2, 0.25) is 0 Å². The number of aryl methyl sites for hydroxylation is 3. The van der Waals surface area contributed by atoms with Crippen molar-refractivity contribution >= 4 is 17.5 Å². The third-order valence-corrected chi connectivity index (χ3v) is 5.27. The van der Waals surface area contributed by atoms with Crippen LogP contribution in [0.15, 0.2) is 42.6 Å². The largest absolute Gasteiger partial charge is 0.496 e. The third kappa shape index (κ3) is 5.34. The smallest absolute Gasteiger partial charge is 0.273 e. The van der Waals surface area contributed by atoms with Gasteiger partial charge < -0.3 is 19.7 Å². The van der Waals surface area contributed by atoms with E-state index in [9.17, 15) is 9.59 Å². The minimum Gasteiger partial charge on any atom is -0.496 e. The molecule has 33 heavy (non-hydrogen) atoms. The highest BCUT2D eigenvalue weighted by Gasteiger charge is 2.22. The van der Waals surface area contributed by atoms with Gasteiger partial charge in [-0.25, -0.2) is 0 Å². The van der Waals surface area contributed by atoms with E-state index in [0.29, 0.717) is 29.2 Å². The number of rotatable bonds is 8. The van der Waals surface area contributed by atoms with E-state index in [2.05, 4.69) is 10.4 Å². The summed E-state index contributed by atoms with van der Waals surface area (Å²) in [5, 5.41) is 7.04. The molecule has 0 unspecified atom stereocenters. The summed E-state index contributed by atoms with van der Waals surface area (Å²) in [5.41, 5.74) is 3.99. The lowest BCUT2D eigenvalue weighted by Crippen LogP contribution is -2.26. The second-order valence-electron chi connectivity index (χ2n) is 7.96. The molecule has 0 spiro atoms. The van der Waals surface area contributed by atoms with Crippen LogP contribution in [0.2, 0.25) is 0 Å². The van der Waals surface area contributed by atoms with Crippen molar-refractivity contribution in [3.05, 3.63) is 70.5 Å². The van der Waals surface area contributed by atoms with Crippen molar-refractivity contribution in [2.75, 3.05) is 26.5 Å². The summed E-state index contributed by atoms with van der Waals surface area (Å²) in [6.07, 6.45) is 1.49. The number of hydrogen-bond acceptors (Lipinski definition) is 5. The Morgan fingerprint density at radius 3 is 2.52 bits per heavy atom. The maximum absolute atomic E-state index is 13.0. The van der Waals surface area contributed by atoms with Gasteiger partial charge in [0.15, 0.2) is 0 Å². The van der Waals surface area contributed by atoms with Crippen LogP contribution in [0.25, 0.3) is 0 Å². The fourth-order valence-electron chi connectivity index (χ4n) is 3.40. The van der Waals surface area contributed by atoms with Crippen LogP contribution in [0.4, 0.5) is 5.69 Å². The monoisotopic (exact) mass is 450 g/mol. The van der Waals surface area contributed by atoms with Crippen molar-refractivity contribution in [2.24, 2.45) is 0 Å². The van der Waals surface area contributed by atoms with Crippen LogP contribution >= 0.6 is 0 Å². The fraction of sp³-hybridized carbons (Fsp3) is 0.320. The van der Waals surface area contributed by atoms with Gasteiger partial charge in [-0.15, -0.1) is 0 Å². The number of nitrogens with zero attached hydrogens (tertiary/aromatic N) is 3. The first-order valence-electron chi connectivity index (χ1n) is 10.7. The third-order valence-electron chi connectivity index (χ3n) is 5.27. The van der Waals surface area contributed by atoms with Crippen LogP contribution in [-0.2, 0) is 13.2 Å². The second-order valence-corrected chi connectivity index (χ2v) is 7.96. The average molecular weight is 451 g/mol. The molecule has 1 N–H and O–H groups in total. The molecule has 3 rings (SSSR count). The summed E-state index contributed by atoms with van der Waals surface area (Å²) in [6.45, 7) is 6.63. The van der Waals surface area contributed by atoms with E-state index in [1.165, 1.54) is 11.1 Å². The molecule has 0 radical (unpaired) electrons. The van der Waals surface area contributed by atoms with Gasteiger partial charge in [-0.2, -0.15) is 5.10 Å². The minimum atomic E-state index is -0.353. The minimum absolute atomic E-state index is 0.234. The molecule has 1 heterocycles. The number of ether oxygens (including phenoxy) is 2. The molecule has 2 amide bonds. The highest BCUT2D eigenvalue weighted by Crippen LogP contribution is 2.26. The summed E-state index contributed by atoms with van der Waals surface area (Å²) in [7, 11) is 4.90. The lowest BCUT2D eigenvalue weighted by molar-refractivity contribution is 0.0816. The van der Waals surface area contributed by atoms with Crippen LogP contribution in [0, 0.1) is 13.8 Å². The van der Waals surface area contributed by atoms with E-state index in [4.69, 9.17) is 9.47 Å². The number of carbonyl (C=O) groups excluding carboxylic acids is 2. The SMILES string of the molecule is CCn1ncc(NC(=O)c2ccc(OC)c(COc3cc(C)ccc3C)c2)c1C(=O)N(C)C. The first kappa shape index (κ1) is 23.8. The molecule has 3 aromatic rings. The van der Waals surface area contributed by atoms with Gasteiger partial charge in [0, 0.05) is 31.8 Å². The molecule has 0 atom stereocenters. The zero-order chi connectivity index (χ0) is 24.1. The van der Waals surface area contributed by atoms with E-state index >= 15 is 0 Å². The van der Waals surface area contributed by atoms with Gasteiger partial charge in [0.25, 0.3) is 11.8 Å². The first-order chi connectivity index (χ1) is 15.7. The Bertz CT molecular complexity index is 1170. The zero-order valence-corrected chi connectivity index (χ0v) is 19.9. The average Bonchev–Trinajstić information content (AvgIpc) is 3.21. The standard InChI is InChI=1S/C25H30N4O4/c1-7-29-23(25(31)28(4)5)20(14-26-29)27-24(30)18-10-11-21(32-6)19(13-18)15-33-22-12-16(2)8-9-17(22)3/h8-14H,7,15H2,1-6H3,(H,27,30). The summed E-state index contributed by atoms with van der Waals surface area (Å²) in [4.78, 5) is 27.1. The Kier molecular flexibility index (Phi) is 7.37. The predicted molar refractivity (Wildman–Crippen MR) is 127 cm³/mol. The molecule has 8 nitrogen and oxygen atoms in total. The van der Waals surface area contributed by atoms with Crippen molar-refractivity contribution in [2.45, 2.75) is 33.9 Å². The molecule has 0 bridgehead atoms. The van der Waals surface area contributed by atoms with Crippen molar-refractivity contribution in [1.29, 1.82) is 0 Å². The normalized spacial score (nSPS) is 10.6. The van der Waals surface area contributed by atoms with Crippen molar-refractivity contribution in [3.8, 4) is 11.5 Å². The van der Waals surface area contributed by atoms with Crippen LogP contribution in [0.1, 0.15) is 44.5 Å². The van der Waals surface area contributed by atoms with Gasteiger partial charge in [-0.1, -0.05) is 12.1 Å². The highest BCUT2D eigenvalue weighted by molar-refractivity contribution is 6.08. The van der Waals surface area contributed by atoms with Crippen LogP contribution < -0.4 is 14.8 Å². The van der Waals surface area contributed by atoms with Gasteiger partial charge >= 0.3 is 0 Å². The lowest BCUT2D eigenvalue weighted by Gasteiger charge is -2.15. The fourth-order valence-corrected chi connectivity index (χ4v) is 3.40. The van der Waals surface area contributed by atoms with Crippen molar-refractivity contribution in [1.82, 2.24) is 14.7 Å². The number of nitrogens with one attached hydrogen (secondary N) is 1. The van der Waals surface area contributed by atoms with Crippen LogP contribution in [-0.4, -0.2) is 47.7 Å². The number of carbonyl (C=O) groups is 2. The molecule has 0 saturated heterocycles. The molecule has 0 fully saturated rings. The maximum Gasteiger partial charge on any atom is 0.273 e. The topological polar surface area (TPSA) is 85.7 Å². The van der Waals surface area contributed by atoms with Crippen LogP contribution in [0.5, 0.6) is 11.5 Å². The number of hydrogen-bond donors (Lipinski definition) is 1. The van der Waals surface area contributed by atoms with Crippen LogP contribution in [0.3, 0.4) is 0 Å².